The van der Waals surface area contributed by atoms with Crippen LogP contribution in [0.5, 0.6) is 0 Å². The maximum absolute atomic E-state index is 12.3. The molecule has 2 aromatic carbocycles. The zero-order valence-electron chi connectivity index (χ0n) is 11.4. The van der Waals surface area contributed by atoms with Gasteiger partial charge >= 0.3 is 0 Å². The Bertz CT molecular complexity index is 879. The van der Waals surface area contributed by atoms with Crippen molar-refractivity contribution in [1.29, 1.82) is 0 Å². The first-order chi connectivity index (χ1) is 10.3. The highest BCUT2D eigenvalue weighted by Gasteiger charge is 2.18. The molecule has 2 N–H and O–H groups in total. The second kappa shape index (κ2) is 6.37. The average molecular weight is 405 g/mol. The molecule has 0 spiro atoms. The summed E-state index contributed by atoms with van der Waals surface area (Å²) in [5.41, 5.74) is 0.269. The SMILES string of the molecule is CNS(=O)(=O)c1ccc(NS(=O)(=O)c2ccccc2Br)cc1. The fourth-order valence-electron chi connectivity index (χ4n) is 1.69. The van der Waals surface area contributed by atoms with Gasteiger partial charge in [-0.05, 0) is 59.4 Å². The molecule has 0 saturated heterocycles. The molecule has 0 unspecified atom stereocenters. The molecule has 0 aromatic heterocycles. The van der Waals surface area contributed by atoms with E-state index in [1.54, 1.807) is 18.2 Å². The Balaban J connectivity index is 2.30. The number of anilines is 1. The van der Waals surface area contributed by atoms with Crippen LogP contribution >= 0.6 is 15.9 Å². The minimum absolute atomic E-state index is 0.0545. The van der Waals surface area contributed by atoms with E-state index in [4.69, 9.17) is 0 Å². The molecule has 0 fully saturated rings. The number of benzene rings is 2. The highest BCUT2D eigenvalue weighted by Crippen LogP contribution is 2.24. The van der Waals surface area contributed by atoms with Gasteiger partial charge in [0, 0.05) is 10.2 Å². The zero-order valence-corrected chi connectivity index (χ0v) is 14.7. The molecule has 0 heterocycles. The summed E-state index contributed by atoms with van der Waals surface area (Å²) >= 11 is 3.19. The van der Waals surface area contributed by atoms with Crippen LogP contribution in [0.3, 0.4) is 0 Å². The van der Waals surface area contributed by atoms with E-state index in [-0.39, 0.29) is 15.5 Å². The smallest absolute Gasteiger partial charge is 0.263 e. The van der Waals surface area contributed by atoms with Crippen molar-refractivity contribution in [2.45, 2.75) is 9.79 Å². The third kappa shape index (κ3) is 3.67. The molecule has 2 rings (SSSR count). The third-order valence-electron chi connectivity index (χ3n) is 2.81. The molecule has 0 aliphatic carbocycles. The van der Waals surface area contributed by atoms with Crippen LogP contribution in [-0.4, -0.2) is 23.9 Å². The van der Waals surface area contributed by atoms with Gasteiger partial charge in [0.1, 0.15) is 4.90 Å². The lowest BCUT2D eigenvalue weighted by molar-refractivity contribution is 0.588. The van der Waals surface area contributed by atoms with Gasteiger partial charge in [-0.1, -0.05) is 12.1 Å². The Morgan fingerprint density at radius 1 is 0.864 bits per heavy atom. The largest absolute Gasteiger partial charge is 0.280 e. The van der Waals surface area contributed by atoms with Gasteiger partial charge < -0.3 is 0 Å². The predicted molar refractivity (Wildman–Crippen MR) is 87.6 cm³/mol. The van der Waals surface area contributed by atoms with E-state index in [9.17, 15) is 16.8 Å². The predicted octanol–water partition coefficient (Wildman–Crippen LogP) is 2.16. The van der Waals surface area contributed by atoms with Gasteiger partial charge in [0.25, 0.3) is 10.0 Å². The van der Waals surface area contributed by atoms with Gasteiger partial charge in [0.05, 0.1) is 4.90 Å². The van der Waals surface area contributed by atoms with E-state index in [1.807, 2.05) is 0 Å². The Hall–Kier alpha value is -1.42. The lowest BCUT2D eigenvalue weighted by atomic mass is 10.3. The minimum Gasteiger partial charge on any atom is -0.280 e. The number of sulfonamides is 2. The molecule has 0 atom stereocenters. The number of halogens is 1. The Morgan fingerprint density at radius 2 is 1.45 bits per heavy atom. The summed E-state index contributed by atoms with van der Waals surface area (Å²) in [6.45, 7) is 0. The number of rotatable bonds is 5. The minimum atomic E-state index is -3.76. The van der Waals surface area contributed by atoms with Crippen LogP contribution in [0.15, 0.2) is 62.8 Å². The molecule has 0 radical (unpaired) electrons. The first-order valence-corrected chi connectivity index (χ1v) is 9.83. The monoisotopic (exact) mass is 404 g/mol. The van der Waals surface area contributed by atoms with Gasteiger partial charge in [0.2, 0.25) is 10.0 Å². The lowest BCUT2D eigenvalue weighted by Gasteiger charge is -2.10. The maximum Gasteiger partial charge on any atom is 0.263 e. The molecule has 0 aliphatic rings. The van der Waals surface area contributed by atoms with E-state index >= 15 is 0 Å². The second-order valence-electron chi connectivity index (χ2n) is 4.27. The van der Waals surface area contributed by atoms with Crippen LogP contribution in [0.1, 0.15) is 0 Å². The Labute approximate surface area is 137 Å². The van der Waals surface area contributed by atoms with Gasteiger partial charge in [0.15, 0.2) is 0 Å². The van der Waals surface area contributed by atoms with Crippen molar-refractivity contribution in [2.24, 2.45) is 0 Å². The summed E-state index contributed by atoms with van der Waals surface area (Å²) in [6.07, 6.45) is 0. The van der Waals surface area contributed by atoms with E-state index in [0.717, 1.165) is 0 Å². The quantitative estimate of drug-likeness (QED) is 0.798. The fraction of sp³-hybridized carbons (Fsp3) is 0.0769. The molecular formula is C13H13BrN2O4S2. The van der Waals surface area contributed by atoms with Crippen LogP contribution in [0.25, 0.3) is 0 Å². The maximum atomic E-state index is 12.3. The van der Waals surface area contributed by atoms with Crippen LogP contribution in [0.2, 0.25) is 0 Å². The number of nitrogens with one attached hydrogen (secondary N) is 2. The molecule has 0 bridgehead atoms. The summed E-state index contributed by atoms with van der Waals surface area (Å²) in [5.74, 6) is 0. The zero-order chi connectivity index (χ0) is 16.4. The highest BCUT2D eigenvalue weighted by molar-refractivity contribution is 9.10. The topological polar surface area (TPSA) is 92.3 Å². The molecule has 22 heavy (non-hydrogen) atoms. The molecule has 0 saturated carbocycles. The molecule has 6 nitrogen and oxygen atoms in total. The normalized spacial score (nSPS) is 12.1. The number of hydrogen-bond acceptors (Lipinski definition) is 4. The highest BCUT2D eigenvalue weighted by atomic mass is 79.9. The molecule has 0 amide bonds. The Morgan fingerprint density at radius 3 is 2.00 bits per heavy atom. The van der Waals surface area contributed by atoms with Crippen molar-refractivity contribution in [1.82, 2.24) is 4.72 Å². The van der Waals surface area contributed by atoms with Crippen LogP contribution in [0.4, 0.5) is 5.69 Å². The van der Waals surface area contributed by atoms with Gasteiger partial charge in [-0.2, -0.15) is 0 Å². The Kier molecular flexibility index (Phi) is 4.90. The van der Waals surface area contributed by atoms with E-state index in [0.29, 0.717) is 4.47 Å². The van der Waals surface area contributed by atoms with Gasteiger partial charge in [-0.25, -0.2) is 21.6 Å². The summed E-state index contributed by atoms with van der Waals surface area (Å²) < 4.78 is 52.8. The second-order valence-corrected chi connectivity index (χ2v) is 8.66. The standard InChI is InChI=1S/C13H13BrN2O4S2/c1-15-21(17,18)11-8-6-10(7-9-11)16-22(19,20)13-5-3-2-4-12(13)14/h2-9,15-16H,1H3. The summed E-state index contributed by atoms with van der Waals surface area (Å²) in [4.78, 5) is 0.153. The summed E-state index contributed by atoms with van der Waals surface area (Å²) in [5, 5.41) is 0. The van der Waals surface area contributed by atoms with Crippen molar-refractivity contribution >= 4 is 41.7 Å². The molecular weight excluding hydrogens is 392 g/mol. The molecule has 9 heteroatoms. The summed E-state index contributed by atoms with van der Waals surface area (Å²) in [7, 11) is -6.01. The van der Waals surface area contributed by atoms with Crippen molar-refractivity contribution in [2.75, 3.05) is 11.8 Å². The summed E-state index contributed by atoms with van der Waals surface area (Å²) in [6, 6.07) is 11.8. The molecule has 2 aromatic rings. The fourth-order valence-corrected chi connectivity index (χ4v) is 4.49. The van der Waals surface area contributed by atoms with Crippen molar-refractivity contribution < 1.29 is 16.8 Å². The van der Waals surface area contributed by atoms with Crippen molar-refractivity contribution in [3.63, 3.8) is 0 Å². The molecule has 118 valence electrons. The van der Waals surface area contributed by atoms with Gasteiger partial charge in [-0.3, -0.25) is 4.72 Å². The van der Waals surface area contributed by atoms with Crippen molar-refractivity contribution in [3.8, 4) is 0 Å². The van der Waals surface area contributed by atoms with E-state index in [2.05, 4.69) is 25.4 Å². The molecule has 0 aliphatic heterocycles. The first kappa shape index (κ1) is 16.9. The third-order valence-corrected chi connectivity index (χ3v) is 6.64. The van der Waals surface area contributed by atoms with Crippen molar-refractivity contribution in [3.05, 3.63) is 53.0 Å². The van der Waals surface area contributed by atoms with E-state index < -0.39 is 20.0 Å². The number of hydrogen-bond donors (Lipinski definition) is 2. The van der Waals surface area contributed by atoms with E-state index in [1.165, 1.54) is 37.4 Å². The van der Waals surface area contributed by atoms with Crippen LogP contribution < -0.4 is 9.44 Å². The van der Waals surface area contributed by atoms with Crippen LogP contribution in [-0.2, 0) is 20.0 Å². The van der Waals surface area contributed by atoms with Gasteiger partial charge in [-0.15, -0.1) is 0 Å². The van der Waals surface area contributed by atoms with Crippen LogP contribution in [0, 0.1) is 0 Å². The lowest BCUT2D eigenvalue weighted by Crippen LogP contribution is -2.18. The average Bonchev–Trinajstić information content (AvgIpc) is 2.47. The first-order valence-electron chi connectivity index (χ1n) is 6.07.